The lowest BCUT2D eigenvalue weighted by Crippen LogP contribution is -2.49. The average molecular weight is 406 g/mol. The highest BCUT2D eigenvalue weighted by atomic mass is 16.5. The predicted molar refractivity (Wildman–Crippen MR) is 110 cm³/mol. The number of carbonyl (C=O) groups is 1. The molecule has 0 unspecified atom stereocenters. The minimum atomic E-state index is 0.0219. The molecule has 10 nitrogen and oxygen atoms in total. The summed E-state index contributed by atoms with van der Waals surface area (Å²) in [7, 11) is 1.75. The van der Waals surface area contributed by atoms with Gasteiger partial charge in [-0.15, -0.1) is 0 Å². The van der Waals surface area contributed by atoms with Crippen LogP contribution in [0.2, 0.25) is 0 Å². The number of amides is 1. The third-order valence-corrected chi connectivity index (χ3v) is 5.72. The van der Waals surface area contributed by atoms with Crippen molar-refractivity contribution in [2.75, 3.05) is 23.9 Å². The molecule has 154 valence electrons. The molecule has 0 saturated heterocycles. The van der Waals surface area contributed by atoms with E-state index in [0.717, 1.165) is 31.2 Å². The quantitative estimate of drug-likeness (QED) is 0.675. The highest BCUT2D eigenvalue weighted by molar-refractivity contribution is 6.01. The minimum Gasteiger partial charge on any atom is -0.381 e. The van der Waals surface area contributed by atoms with Crippen molar-refractivity contribution in [3.05, 3.63) is 30.9 Å². The normalized spacial score (nSPS) is 21.2. The van der Waals surface area contributed by atoms with Gasteiger partial charge in [0.1, 0.15) is 12.0 Å². The number of ether oxygens (including phenoxy) is 1. The largest absolute Gasteiger partial charge is 0.381 e. The van der Waals surface area contributed by atoms with E-state index in [1.165, 1.54) is 6.33 Å². The molecule has 0 bridgehead atoms. The van der Waals surface area contributed by atoms with Crippen molar-refractivity contribution < 1.29 is 9.53 Å². The maximum Gasteiger partial charge on any atom is 0.247 e. The highest BCUT2D eigenvalue weighted by Gasteiger charge is 2.35. The molecule has 0 aromatic carbocycles. The lowest BCUT2D eigenvalue weighted by molar-refractivity contribution is -0.118. The van der Waals surface area contributed by atoms with E-state index in [1.807, 2.05) is 17.0 Å². The van der Waals surface area contributed by atoms with Crippen molar-refractivity contribution in [2.24, 2.45) is 0 Å². The van der Waals surface area contributed by atoms with Crippen molar-refractivity contribution in [2.45, 2.75) is 37.8 Å². The number of aromatic nitrogens is 6. The Morgan fingerprint density at radius 2 is 1.93 bits per heavy atom. The van der Waals surface area contributed by atoms with Gasteiger partial charge in [-0.1, -0.05) is 0 Å². The summed E-state index contributed by atoms with van der Waals surface area (Å²) in [5.41, 5.74) is 2.17. The minimum absolute atomic E-state index is 0.0219. The molecule has 3 aromatic heterocycles. The van der Waals surface area contributed by atoms with Crippen LogP contribution in [0.4, 0.5) is 11.6 Å². The molecule has 1 fully saturated rings. The van der Waals surface area contributed by atoms with E-state index in [0.29, 0.717) is 28.8 Å². The molecule has 2 N–H and O–H groups in total. The standard InChI is InChI=1S/C20H22N8O2/c1-30-14-5-3-13(4-6-14)28-17(29)10-23-19-20(28)26-16(9-22-19)12-2-7-15(21-8-12)18-24-11-25-27-18/h2,7-9,11,13-14H,3-6,10H2,1H3,(H,22,23)(H,24,25,27). The van der Waals surface area contributed by atoms with E-state index >= 15 is 0 Å². The highest BCUT2D eigenvalue weighted by Crippen LogP contribution is 2.34. The fourth-order valence-corrected chi connectivity index (χ4v) is 4.10. The number of pyridine rings is 1. The van der Waals surface area contributed by atoms with Gasteiger partial charge in [-0.05, 0) is 37.8 Å². The number of aromatic amines is 1. The molecule has 30 heavy (non-hydrogen) atoms. The summed E-state index contributed by atoms with van der Waals surface area (Å²) in [6, 6.07) is 3.87. The number of nitrogens with one attached hydrogen (secondary N) is 2. The molecule has 10 heteroatoms. The summed E-state index contributed by atoms with van der Waals surface area (Å²) >= 11 is 0. The Bertz CT molecular complexity index is 1030. The lowest BCUT2D eigenvalue weighted by atomic mass is 9.91. The number of fused-ring (bicyclic) bond motifs is 1. The van der Waals surface area contributed by atoms with Crippen LogP contribution in [-0.4, -0.2) is 61.8 Å². The van der Waals surface area contributed by atoms with E-state index in [4.69, 9.17) is 9.72 Å². The SMILES string of the molecule is COC1CCC(N2C(=O)CNc3ncc(-c4ccc(-c5ncn[nH]5)nc4)nc32)CC1. The topological polar surface area (TPSA) is 122 Å². The lowest BCUT2D eigenvalue weighted by Gasteiger charge is -2.38. The second-order valence-electron chi connectivity index (χ2n) is 7.48. The van der Waals surface area contributed by atoms with Gasteiger partial charge in [-0.25, -0.2) is 15.0 Å². The number of hydrogen-bond donors (Lipinski definition) is 2. The zero-order chi connectivity index (χ0) is 20.5. The van der Waals surface area contributed by atoms with Crippen LogP contribution in [0.5, 0.6) is 0 Å². The monoisotopic (exact) mass is 406 g/mol. The fourth-order valence-electron chi connectivity index (χ4n) is 4.10. The van der Waals surface area contributed by atoms with Gasteiger partial charge in [0.2, 0.25) is 5.91 Å². The first-order valence-electron chi connectivity index (χ1n) is 10.0. The molecule has 0 radical (unpaired) electrons. The van der Waals surface area contributed by atoms with Gasteiger partial charge in [-0.2, -0.15) is 5.10 Å². The smallest absolute Gasteiger partial charge is 0.247 e. The van der Waals surface area contributed by atoms with Gasteiger partial charge < -0.3 is 10.1 Å². The zero-order valence-electron chi connectivity index (χ0n) is 16.6. The molecule has 0 atom stereocenters. The first-order valence-corrected chi connectivity index (χ1v) is 10.0. The Kier molecular flexibility index (Phi) is 4.83. The Morgan fingerprint density at radius 3 is 2.63 bits per heavy atom. The van der Waals surface area contributed by atoms with Crippen LogP contribution in [0.1, 0.15) is 25.7 Å². The van der Waals surface area contributed by atoms with Crippen LogP contribution < -0.4 is 10.2 Å². The van der Waals surface area contributed by atoms with Gasteiger partial charge in [0, 0.05) is 24.9 Å². The second kappa shape index (κ2) is 7.79. The van der Waals surface area contributed by atoms with Crippen molar-refractivity contribution in [3.63, 3.8) is 0 Å². The molecular formula is C20H22N8O2. The number of hydrogen-bond acceptors (Lipinski definition) is 8. The Hall–Kier alpha value is -3.40. The van der Waals surface area contributed by atoms with Crippen LogP contribution in [0, 0.1) is 0 Å². The summed E-state index contributed by atoms with van der Waals surface area (Å²) < 4.78 is 5.48. The Balaban J connectivity index is 1.44. The van der Waals surface area contributed by atoms with Crippen LogP contribution in [0.3, 0.4) is 0 Å². The Labute approximate surface area is 173 Å². The number of H-pyrrole nitrogens is 1. The zero-order valence-corrected chi connectivity index (χ0v) is 16.6. The molecule has 0 spiro atoms. The first kappa shape index (κ1) is 18.6. The van der Waals surface area contributed by atoms with Gasteiger partial charge >= 0.3 is 0 Å². The van der Waals surface area contributed by atoms with Crippen LogP contribution >= 0.6 is 0 Å². The van der Waals surface area contributed by atoms with Crippen LogP contribution in [0.15, 0.2) is 30.9 Å². The third-order valence-electron chi connectivity index (χ3n) is 5.72. The molecule has 5 rings (SSSR count). The summed E-state index contributed by atoms with van der Waals surface area (Å²) in [5.74, 6) is 1.85. The van der Waals surface area contributed by atoms with E-state index < -0.39 is 0 Å². The van der Waals surface area contributed by atoms with Crippen LogP contribution in [-0.2, 0) is 9.53 Å². The molecule has 3 aromatic rings. The molecule has 1 amide bonds. The van der Waals surface area contributed by atoms with E-state index in [1.54, 1.807) is 19.5 Å². The second-order valence-corrected chi connectivity index (χ2v) is 7.48. The average Bonchev–Trinajstić information content (AvgIpc) is 3.34. The number of methoxy groups -OCH3 is 1. The van der Waals surface area contributed by atoms with E-state index in [-0.39, 0.29) is 24.6 Å². The summed E-state index contributed by atoms with van der Waals surface area (Å²) in [5, 5.41) is 9.72. The van der Waals surface area contributed by atoms with E-state index in [9.17, 15) is 4.79 Å². The van der Waals surface area contributed by atoms with Gasteiger partial charge in [-0.3, -0.25) is 19.8 Å². The Morgan fingerprint density at radius 1 is 1.07 bits per heavy atom. The molecule has 1 aliphatic heterocycles. The van der Waals surface area contributed by atoms with E-state index in [2.05, 4.69) is 30.5 Å². The number of nitrogens with zero attached hydrogens (tertiary/aromatic N) is 6. The summed E-state index contributed by atoms with van der Waals surface area (Å²) in [6.45, 7) is 0.235. The molecule has 4 heterocycles. The van der Waals surface area contributed by atoms with Crippen molar-refractivity contribution >= 4 is 17.5 Å². The summed E-state index contributed by atoms with van der Waals surface area (Å²) in [4.78, 5) is 32.5. The third kappa shape index (κ3) is 3.39. The predicted octanol–water partition coefficient (Wildman–Crippen LogP) is 2.04. The van der Waals surface area contributed by atoms with Gasteiger partial charge in [0.05, 0.1) is 24.5 Å². The summed E-state index contributed by atoms with van der Waals surface area (Å²) in [6.07, 6.45) is 8.80. The first-order chi connectivity index (χ1) is 14.7. The van der Waals surface area contributed by atoms with Gasteiger partial charge in [0.15, 0.2) is 17.5 Å². The fraction of sp³-hybridized carbons (Fsp3) is 0.400. The number of anilines is 2. The van der Waals surface area contributed by atoms with Crippen molar-refractivity contribution in [3.8, 4) is 22.8 Å². The molecule has 1 saturated carbocycles. The molecule has 2 aliphatic rings. The maximum absolute atomic E-state index is 12.8. The number of carbonyl (C=O) groups excluding carboxylic acids is 1. The molecule has 1 aliphatic carbocycles. The van der Waals surface area contributed by atoms with Crippen molar-refractivity contribution in [1.82, 2.24) is 30.1 Å². The molecular weight excluding hydrogens is 384 g/mol. The van der Waals surface area contributed by atoms with Crippen molar-refractivity contribution in [1.29, 1.82) is 0 Å². The maximum atomic E-state index is 12.8. The van der Waals surface area contributed by atoms with Gasteiger partial charge in [0.25, 0.3) is 0 Å². The van der Waals surface area contributed by atoms with Crippen LogP contribution in [0.25, 0.3) is 22.8 Å². The number of rotatable bonds is 4.